The number of hydrogen-bond donors (Lipinski definition) is 0. The zero-order chi connectivity index (χ0) is 20.8. The lowest BCUT2D eigenvalue weighted by Crippen LogP contribution is -2.48. The van der Waals surface area contributed by atoms with Gasteiger partial charge in [0.1, 0.15) is 11.3 Å². The van der Waals surface area contributed by atoms with Gasteiger partial charge in [-0.1, -0.05) is 11.3 Å². The van der Waals surface area contributed by atoms with Gasteiger partial charge in [-0.05, 0) is 37.1 Å². The molecule has 1 saturated heterocycles. The normalized spacial score (nSPS) is 17.5. The van der Waals surface area contributed by atoms with Crippen molar-refractivity contribution in [3.05, 3.63) is 48.4 Å². The van der Waals surface area contributed by atoms with Gasteiger partial charge < -0.3 is 14.1 Å². The van der Waals surface area contributed by atoms with Crippen LogP contribution >= 0.6 is 11.3 Å². The van der Waals surface area contributed by atoms with E-state index in [-0.39, 0.29) is 0 Å². The van der Waals surface area contributed by atoms with Crippen LogP contribution in [0.25, 0.3) is 21.3 Å². The molecule has 0 N–H and O–H groups in total. The van der Waals surface area contributed by atoms with Crippen LogP contribution in [-0.4, -0.2) is 51.9 Å². The molecule has 4 heterocycles. The number of ether oxygens (including phenoxy) is 1. The van der Waals surface area contributed by atoms with E-state index < -0.39 is 0 Å². The molecule has 8 heteroatoms. The molecular weight excluding hydrogens is 412 g/mol. The third kappa shape index (κ3) is 3.77. The highest BCUT2D eigenvalue weighted by molar-refractivity contribution is 7.20. The molecule has 2 aliphatic rings. The van der Waals surface area contributed by atoms with E-state index in [0.29, 0.717) is 28.4 Å². The van der Waals surface area contributed by atoms with Gasteiger partial charge in [0.05, 0.1) is 11.0 Å². The summed E-state index contributed by atoms with van der Waals surface area (Å²) in [5, 5.41) is 1.66. The molecule has 4 aromatic rings. The fourth-order valence-electron chi connectivity index (χ4n) is 4.10. The van der Waals surface area contributed by atoms with Crippen molar-refractivity contribution in [2.75, 3.05) is 26.2 Å². The van der Waals surface area contributed by atoms with Gasteiger partial charge in [0.2, 0.25) is 5.91 Å². The molecular formula is C23H22N4O3S. The van der Waals surface area contributed by atoms with Crippen molar-refractivity contribution in [3.8, 4) is 10.9 Å². The highest BCUT2D eigenvalue weighted by Crippen LogP contribution is 2.33. The lowest BCUT2D eigenvalue weighted by Gasteiger charge is -2.34. The van der Waals surface area contributed by atoms with Gasteiger partial charge in [0, 0.05) is 61.9 Å². The van der Waals surface area contributed by atoms with Gasteiger partial charge in [-0.3, -0.25) is 9.69 Å². The summed E-state index contributed by atoms with van der Waals surface area (Å²) in [6.45, 7) is 4.26. The maximum absolute atomic E-state index is 12.2. The molecule has 1 saturated carbocycles. The summed E-state index contributed by atoms with van der Waals surface area (Å²) in [6, 6.07) is 9.78. The smallest absolute Gasteiger partial charge is 0.281 e. The SMILES string of the molecule is O=C(C1CC1)N1CCN(Cc2coc3cc(Oc4nc5ncccc5s4)ccc23)CC1. The molecule has 1 amide bonds. The fourth-order valence-corrected chi connectivity index (χ4v) is 4.89. The number of carbonyl (C=O) groups is 1. The summed E-state index contributed by atoms with van der Waals surface area (Å²) < 4.78 is 12.8. The van der Waals surface area contributed by atoms with E-state index in [0.717, 1.165) is 66.8 Å². The first kappa shape index (κ1) is 18.8. The van der Waals surface area contributed by atoms with E-state index in [1.165, 1.54) is 11.3 Å². The number of rotatable bonds is 5. The third-order valence-corrected chi connectivity index (χ3v) is 6.87. The van der Waals surface area contributed by atoms with Crippen molar-refractivity contribution in [3.63, 3.8) is 0 Å². The quantitative estimate of drug-likeness (QED) is 0.467. The summed E-state index contributed by atoms with van der Waals surface area (Å²) in [4.78, 5) is 25.3. The lowest BCUT2D eigenvalue weighted by atomic mass is 10.1. The Morgan fingerprint density at radius 1 is 1.19 bits per heavy atom. The Morgan fingerprint density at radius 3 is 2.87 bits per heavy atom. The second-order valence-electron chi connectivity index (χ2n) is 8.20. The van der Waals surface area contributed by atoms with E-state index in [4.69, 9.17) is 9.15 Å². The maximum atomic E-state index is 12.2. The minimum Gasteiger partial charge on any atom is -0.464 e. The van der Waals surface area contributed by atoms with Gasteiger partial charge in [-0.2, -0.15) is 4.98 Å². The van der Waals surface area contributed by atoms with Crippen LogP contribution in [0.3, 0.4) is 0 Å². The largest absolute Gasteiger partial charge is 0.464 e. The van der Waals surface area contributed by atoms with Crippen molar-refractivity contribution >= 4 is 38.6 Å². The van der Waals surface area contributed by atoms with Crippen molar-refractivity contribution in [1.82, 2.24) is 19.8 Å². The Kier molecular flexibility index (Phi) is 4.61. The number of hydrogen-bond acceptors (Lipinski definition) is 7. The highest BCUT2D eigenvalue weighted by Gasteiger charge is 2.34. The summed E-state index contributed by atoms with van der Waals surface area (Å²) >= 11 is 1.47. The zero-order valence-electron chi connectivity index (χ0n) is 17.0. The molecule has 1 aromatic carbocycles. The first-order chi connectivity index (χ1) is 15.2. The van der Waals surface area contributed by atoms with Gasteiger partial charge in [-0.15, -0.1) is 0 Å². The Balaban J connectivity index is 1.13. The van der Waals surface area contributed by atoms with Gasteiger partial charge in [0.15, 0.2) is 5.65 Å². The van der Waals surface area contributed by atoms with E-state index in [9.17, 15) is 4.79 Å². The number of carbonyl (C=O) groups excluding carboxylic acids is 1. The van der Waals surface area contributed by atoms with Crippen LogP contribution in [0.4, 0.5) is 0 Å². The number of amides is 1. The fraction of sp³-hybridized carbons (Fsp3) is 0.348. The summed E-state index contributed by atoms with van der Waals surface area (Å²) in [5.41, 5.74) is 2.66. The Labute approximate surface area is 183 Å². The van der Waals surface area contributed by atoms with Crippen LogP contribution in [0.1, 0.15) is 18.4 Å². The monoisotopic (exact) mass is 434 g/mol. The molecule has 6 rings (SSSR count). The number of nitrogens with zero attached hydrogens (tertiary/aromatic N) is 4. The van der Waals surface area contributed by atoms with E-state index in [2.05, 4.69) is 14.9 Å². The van der Waals surface area contributed by atoms with Crippen LogP contribution in [0.15, 0.2) is 47.2 Å². The number of fused-ring (bicyclic) bond motifs is 2. The molecule has 0 atom stereocenters. The minimum atomic E-state index is 0.305. The molecule has 31 heavy (non-hydrogen) atoms. The van der Waals surface area contributed by atoms with Gasteiger partial charge >= 0.3 is 0 Å². The Bertz CT molecular complexity index is 1220. The number of aromatic nitrogens is 2. The van der Waals surface area contributed by atoms with E-state index >= 15 is 0 Å². The second kappa shape index (κ2) is 7.62. The predicted molar refractivity (Wildman–Crippen MR) is 118 cm³/mol. The second-order valence-corrected chi connectivity index (χ2v) is 9.19. The van der Waals surface area contributed by atoms with Crippen LogP contribution in [-0.2, 0) is 11.3 Å². The molecule has 0 spiro atoms. The van der Waals surface area contributed by atoms with Crippen molar-refractivity contribution in [2.45, 2.75) is 19.4 Å². The molecule has 0 radical (unpaired) electrons. The molecule has 0 bridgehead atoms. The third-order valence-electron chi connectivity index (χ3n) is 5.98. The molecule has 7 nitrogen and oxygen atoms in total. The molecule has 1 aliphatic heterocycles. The topological polar surface area (TPSA) is 71.7 Å². The van der Waals surface area contributed by atoms with Gasteiger partial charge in [-0.25, -0.2) is 4.98 Å². The summed E-state index contributed by atoms with van der Waals surface area (Å²) in [5.74, 6) is 1.35. The number of pyridine rings is 1. The zero-order valence-corrected chi connectivity index (χ0v) is 17.8. The average Bonchev–Trinajstić information content (AvgIpc) is 3.46. The van der Waals surface area contributed by atoms with Crippen LogP contribution in [0.2, 0.25) is 0 Å². The van der Waals surface area contributed by atoms with Crippen LogP contribution < -0.4 is 4.74 Å². The Hall–Kier alpha value is -2.97. The average molecular weight is 435 g/mol. The number of piperazine rings is 1. The molecule has 3 aromatic heterocycles. The Morgan fingerprint density at radius 2 is 2.06 bits per heavy atom. The maximum Gasteiger partial charge on any atom is 0.281 e. The minimum absolute atomic E-state index is 0.305. The van der Waals surface area contributed by atoms with E-state index in [1.54, 1.807) is 6.20 Å². The standard InChI is InChI=1S/C23H22N4O3S/c28-22(15-3-4-15)27-10-8-26(9-11-27)13-16-14-29-19-12-17(5-6-18(16)19)30-23-25-21-20(31-23)2-1-7-24-21/h1-2,5-7,12,14-15H,3-4,8-11,13H2. The van der Waals surface area contributed by atoms with Crippen LogP contribution in [0, 0.1) is 5.92 Å². The van der Waals surface area contributed by atoms with E-state index in [1.807, 2.05) is 41.5 Å². The number of benzene rings is 1. The molecule has 1 aliphatic carbocycles. The summed E-state index contributed by atoms with van der Waals surface area (Å²) in [6.07, 6.45) is 5.70. The predicted octanol–water partition coefficient (Wildman–Crippen LogP) is 4.28. The number of furan rings is 1. The van der Waals surface area contributed by atoms with Crippen molar-refractivity contribution < 1.29 is 13.9 Å². The highest BCUT2D eigenvalue weighted by atomic mass is 32.1. The first-order valence-corrected chi connectivity index (χ1v) is 11.5. The van der Waals surface area contributed by atoms with Crippen molar-refractivity contribution in [1.29, 1.82) is 0 Å². The number of thiazole rings is 1. The van der Waals surface area contributed by atoms with Crippen molar-refractivity contribution in [2.24, 2.45) is 5.92 Å². The molecule has 158 valence electrons. The molecule has 2 fully saturated rings. The lowest BCUT2D eigenvalue weighted by molar-refractivity contribution is -0.134. The van der Waals surface area contributed by atoms with Crippen LogP contribution in [0.5, 0.6) is 10.9 Å². The summed E-state index contributed by atoms with van der Waals surface area (Å²) in [7, 11) is 0. The molecule has 0 unspecified atom stereocenters. The first-order valence-electron chi connectivity index (χ1n) is 10.6. The van der Waals surface area contributed by atoms with Gasteiger partial charge in [0.25, 0.3) is 5.19 Å².